The topological polar surface area (TPSA) is 125 Å². The Morgan fingerprint density at radius 2 is 1.63 bits per heavy atom. The van der Waals surface area contributed by atoms with Gasteiger partial charge in [-0.1, -0.05) is 50.2 Å². The van der Waals surface area contributed by atoms with E-state index >= 15 is 8.78 Å². The zero-order valence-electron chi connectivity index (χ0n) is 28.4. The van der Waals surface area contributed by atoms with Crippen LogP contribution in [-0.4, -0.2) is 81.4 Å². The smallest absolute Gasteiger partial charge is 0.227 e. The molecule has 2 aromatic heterocycles. The van der Waals surface area contributed by atoms with E-state index in [9.17, 15) is 16.8 Å². The minimum absolute atomic E-state index is 0.0532. The molecule has 0 unspecified atom stereocenters. The van der Waals surface area contributed by atoms with Crippen molar-refractivity contribution in [1.29, 1.82) is 0 Å². The second kappa shape index (κ2) is 15.1. The largest absolute Gasteiger partial charge is 0.367 e. The normalized spacial score (nSPS) is 14.3. The lowest BCUT2D eigenvalue weighted by Crippen LogP contribution is -2.47. The van der Waals surface area contributed by atoms with Crippen LogP contribution in [-0.2, 0) is 25.4 Å². The van der Waals surface area contributed by atoms with Crippen LogP contribution in [0.4, 0.5) is 26.1 Å². The Kier molecular flexibility index (Phi) is 10.8. The molecule has 1 N–H and O–H groups in total. The fraction of sp³-hybridized carbons (Fsp3) is 0.306. The summed E-state index contributed by atoms with van der Waals surface area (Å²) in [6, 6.07) is 20.3. The van der Waals surface area contributed by atoms with Crippen molar-refractivity contribution in [3.8, 4) is 21.8 Å². The second-order valence-corrected chi connectivity index (χ2v) is 18.0. The lowest BCUT2D eigenvalue weighted by atomic mass is 10.1. The molecule has 1 saturated heterocycles. The molecule has 268 valence electrons. The van der Waals surface area contributed by atoms with E-state index in [1.807, 2.05) is 30.9 Å². The molecule has 3 aromatic carbocycles. The number of nitrogens with zero attached hydrogens (tertiary/aromatic N) is 5. The van der Waals surface area contributed by atoms with Crippen LogP contribution in [0.1, 0.15) is 30.3 Å². The number of aromatic nitrogens is 3. The lowest BCUT2D eigenvalue weighted by Gasteiger charge is -2.36. The third-order valence-corrected chi connectivity index (χ3v) is 12.5. The van der Waals surface area contributed by atoms with Gasteiger partial charge in [0.15, 0.2) is 21.5 Å². The average molecular weight is 753 g/mol. The summed E-state index contributed by atoms with van der Waals surface area (Å²) in [6.07, 6.45) is 2.72. The van der Waals surface area contributed by atoms with Gasteiger partial charge >= 0.3 is 0 Å². The van der Waals surface area contributed by atoms with E-state index in [0.29, 0.717) is 49.7 Å². The highest BCUT2D eigenvalue weighted by molar-refractivity contribution is 7.91. The van der Waals surface area contributed by atoms with Crippen molar-refractivity contribution in [1.82, 2.24) is 19.9 Å². The van der Waals surface area contributed by atoms with E-state index in [-0.39, 0.29) is 39.6 Å². The molecule has 0 bridgehead atoms. The molecule has 1 fully saturated rings. The van der Waals surface area contributed by atoms with Crippen molar-refractivity contribution in [2.24, 2.45) is 0 Å². The molecule has 10 nitrogen and oxygen atoms in total. The molecule has 5 aromatic rings. The molecule has 15 heteroatoms. The Bertz CT molecular complexity index is 2240. The maximum Gasteiger partial charge on any atom is 0.227 e. The molecule has 0 amide bonds. The summed E-state index contributed by atoms with van der Waals surface area (Å²) >= 11 is 1.45. The van der Waals surface area contributed by atoms with Gasteiger partial charge in [-0.25, -0.2) is 40.6 Å². The molecule has 0 radical (unpaired) electrons. The van der Waals surface area contributed by atoms with Crippen LogP contribution in [0.25, 0.3) is 21.8 Å². The van der Waals surface area contributed by atoms with E-state index in [0.717, 1.165) is 15.4 Å². The SMILES string of the molecule is CC(C)c1nc(-c2cccc(CS(=O)(=O)c3ccccc3)c2)c(-c2ccnc(Nc3ccc(N4CCN(CCS(C)(=O)=O)CC4)c(F)c3F)n2)s1. The summed E-state index contributed by atoms with van der Waals surface area (Å²) < 4.78 is 80.1. The highest BCUT2D eigenvalue weighted by Gasteiger charge is 2.24. The Morgan fingerprint density at radius 3 is 2.33 bits per heavy atom. The van der Waals surface area contributed by atoms with E-state index in [2.05, 4.69) is 15.3 Å². The van der Waals surface area contributed by atoms with Gasteiger partial charge in [-0.2, -0.15) is 0 Å². The van der Waals surface area contributed by atoms with Gasteiger partial charge in [-0.3, -0.25) is 4.90 Å². The van der Waals surface area contributed by atoms with Crippen LogP contribution in [0.5, 0.6) is 0 Å². The number of hydrogen-bond acceptors (Lipinski definition) is 11. The molecular weight excluding hydrogens is 715 g/mol. The second-order valence-electron chi connectivity index (χ2n) is 12.8. The van der Waals surface area contributed by atoms with Crippen LogP contribution in [0.3, 0.4) is 0 Å². The number of halogens is 2. The maximum absolute atomic E-state index is 15.4. The quantitative estimate of drug-likeness (QED) is 0.150. The Labute approximate surface area is 301 Å². The van der Waals surface area contributed by atoms with Crippen LogP contribution < -0.4 is 10.2 Å². The third-order valence-electron chi connectivity index (χ3n) is 8.48. The fourth-order valence-corrected chi connectivity index (χ4v) is 8.75. The molecule has 3 heterocycles. The van der Waals surface area contributed by atoms with Crippen LogP contribution in [0.2, 0.25) is 0 Å². The van der Waals surface area contributed by atoms with Gasteiger partial charge in [0, 0.05) is 56.7 Å². The maximum atomic E-state index is 15.4. The summed E-state index contributed by atoms with van der Waals surface area (Å²) in [5.74, 6) is -2.02. The molecule has 0 aliphatic carbocycles. The summed E-state index contributed by atoms with van der Waals surface area (Å²) in [5.41, 5.74) is 2.48. The molecule has 1 aliphatic heterocycles. The number of hydrogen-bond donors (Lipinski definition) is 1. The fourth-order valence-electron chi connectivity index (χ4n) is 5.75. The molecule has 51 heavy (non-hydrogen) atoms. The van der Waals surface area contributed by atoms with E-state index in [1.54, 1.807) is 53.4 Å². The highest BCUT2D eigenvalue weighted by atomic mass is 32.2. The van der Waals surface area contributed by atoms with Gasteiger partial charge in [-0.15, -0.1) is 11.3 Å². The van der Waals surface area contributed by atoms with E-state index in [4.69, 9.17) is 4.98 Å². The first-order chi connectivity index (χ1) is 24.3. The predicted octanol–water partition coefficient (Wildman–Crippen LogP) is 6.55. The Hall–Kier alpha value is -4.31. The zero-order valence-corrected chi connectivity index (χ0v) is 30.8. The Balaban J connectivity index is 1.22. The van der Waals surface area contributed by atoms with Crippen LogP contribution >= 0.6 is 11.3 Å². The first kappa shape index (κ1) is 36.5. The molecule has 0 spiro atoms. The number of thiazole rings is 1. The highest BCUT2D eigenvalue weighted by Crippen LogP contribution is 2.39. The number of anilines is 3. The van der Waals surface area contributed by atoms with Gasteiger partial charge in [0.25, 0.3) is 0 Å². The third kappa shape index (κ3) is 8.78. The standard InChI is InChI=1S/C36H38F2N6O4S3/c1-24(2)35-42-33(26-9-7-8-25(22-26)23-51(47,48)27-10-5-4-6-11-27)34(49-35)29-14-15-39-36(41-29)40-28-12-13-30(32(38)31(28)37)44-18-16-43(17-19-44)20-21-50(3,45)46/h4-15,22,24H,16-21,23H2,1-3H3,(H,39,40,41). The first-order valence-electron chi connectivity index (χ1n) is 16.4. The van der Waals surface area contributed by atoms with Gasteiger partial charge < -0.3 is 10.2 Å². The summed E-state index contributed by atoms with van der Waals surface area (Å²) in [5, 5.41) is 3.68. The van der Waals surface area contributed by atoms with Crippen molar-refractivity contribution >= 4 is 48.3 Å². The Morgan fingerprint density at radius 1 is 0.882 bits per heavy atom. The first-order valence-corrected chi connectivity index (χ1v) is 20.9. The van der Waals surface area contributed by atoms with Gasteiger partial charge in [0.1, 0.15) is 9.84 Å². The number of benzene rings is 3. The number of sulfone groups is 2. The summed E-state index contributed by atoms with van der Waals surface area (Å²) in [6.45, 7) is 6.39. The average Bonchev–Trinajstić information content (AvgIpc) is 3.56. The molecular formula is C36H38F2N6O4S3. The lowest BCUT2D eigenvalue weighted by molar-refractivity contribution is 0.271. The van der Waals surface area contributed by atoms with Crippen molar-refractivity contribution < 1.29 is 25.6 Å². The van der Waals surface area contributed by atoms with Crippen molar-refractivity contribution in [2.75, 3.05) is 54.9 Å². The zero-order chi connectivity index (χ0) is 36.3. The molecule has 0 saturated carbocycles. The number of rotatable bonds is 12. The van der Waals surface area contributed by atoms with Crippen LogP contribution in [0.15, 0.2) is 83.9 Å². The van der Waals surface area contributed by atoms with E-state index in [1.165, 1.54) is 35.9 Å². The minimum Gasteiger partial charge on any atom is -0.367 e. The predicted molar refractivity (Wildman–Crippen MR) is 198 cm³/mol. The van der Waals surface area contributed by atoms with Gasteiger partial charge in [0.05, 0.1) is 49.0 Å². The van der Waals surface area contributed by atoms with Gasteiger partial charge in [-0.05, 0) is 42.0 Å². The van der Waals surface area contributed by atoms with Gasteiger partial charge in [0.2, 0.25) is 5.95 Å². The number of nitrogens with one attached hydrogen (secondary N) is 1. The minimum atomic E-state index is -3.57. The summed E-state index contributed by atoms with van der Waals surface area (Å²) in [4.78, 5) is 18.6. The van der Waals surface area contributed by atoms with Crippen molar-refractivity contribution in [2.45, 2.75) is 30.4 Å². The molecule has 0 atom stereocenters. The molecule has 6 rings (SSSR count). The molecule has 1 aliphatic rings. The monoisotopic (exact) mass is 752 g/mol. The summed E-state index contributed by atoms with van der Waals surface area (Å²) in [7, 11) is -6.66. The van der Waals surface area contributed by atoms with Crippen LogP contribution in [0, 0.1) is 11.6 Å². The van der Waals surface area contributed by atoms with Crippen molar-refractivity contribution in [3.63, 3.8) is 0 Å². The van der Waals surface area contributed by atoms with Crippen molar-refractivity contribution in [3.05, 3.63) is 101 Å². The number of piperazine rings is 1. The van der Waals surface area contributed by atoms with E-state index < -0.39 is 31.3 Å².